The van der Waals surface area contributed by atoms with Crippen molar-refractivity contribution in [3.05, 3.63) is 23.9 Å². The number of piperidine rings is 1. The summed E-state index contributed by atoms with van der Waals surface area (Å²) in [5, 5.41) is 10.2. The Bertz CT molecular complexity index is 528. The van der Waals surface area contributed by atoms with Gasteiger partial charge in [-0.2, -0.15) is 13.2 Å². The van der Waals surface area contributed by atoms with E-state index in [2.05, 4.69) is 4.98 Å². The molecule has 1 spiro atoms. The van der Waals surface area contributed by atoms with Crippen molar-refractivity contribution in [2.75, 3.05) is 24.6 Å². The van der Waals surface area contributed by atoms with Crippen molar-refractivity contribution >= 4 is 5.82 Å². The molecule has 1 N–H and O–H groups in total. The van der Waals surface area contributed by atoms with Crippen LogP contribution in [-0.2, 0) is 10.9 Å². The van der Waals surface area contributed by atoms with Gasteiger partial charge < -0.3 is 14.7 Å². The van der Waals surface area contributed by atoms with Crippen LogP contribution in [0.5, 0.6) is 0 Å². The normalized spacial score (nSPS) is 25.5. The Morgan fingerprint density at radius 3 is 2.64 bits per heavy atom. The fourth-order valence-electron chi connectivity index (χ4n) is 3.26. The van der Waals surface area contributed by atoms with Gasteiger partial charge in [0.1, 0.15) is 11.5 Å². The molecule has 2 saturated heterocycles. The first kappa shape index (κ1) is 15.6. The highest BCUT2D eigenvalue weighted by Gasteiger charge is 2.44. The third kappa shape index (κ3) is 2.92. The van der Waals surface area contributed by atoms with Crippen LogP contribution in [0, 0.1) is 0 Å². The molecule has 2 fully saturated rings. The third-order valence-electron chi connectivity index (χ3n) is 4.58. The quantitative estimate of drug-likeness (QED) is 0.865. The van der Waals surface area contributed by atoms with E-state index in [-0.39, 0.29) is 0 Å². The number of ether oxygens (including phenoxy) is 1. The first-order valence-corrected chi connectivity index (χ1v) is 7.52. The zero-order valence-corrected chi connectivity index (χ0v) is 12.1. The van der Waals surface area contributed by atoms with Crippen LogP contribution in [0.4, 0.5) is 19.0 Å². The van der Waals surface area contributed by atoms with Crippen molar-refractivity contribution in [2.45, 2.75) is 43.6 Å². The number of aliphatic hydroxyl groups is 1. The minimum Gasteiger partial charge on any atom is -0.390 e. The van der Waals surface area contributed by atoms with E-state index in [4.69, 9.17) is 4.74 Å². The van der Waals surface area contributed by atoms with Crippen molar-refractivity contribution in [3.63, 3.8) is 0 Å². The van der Waals surface area contributed by atoms with E-state index in [0.29, 0.717) is 38.4 Å². The van der Waals surface area contributed by atoms with E-state index < -0.39 is 23.6 Å². The Kier molecular flexibility index (Phi) is 4.03. The lowest BCUT2D eigenvalue weighted by Crippen LogP contribution is -2.55. The van der Waals surface area contributed by atoms with E-state index in [9.17, 15) is 18.3 Å². The number of nitrogens with zero attached hydrogens (tertiary/aromatic N) is 2. The molecule has 7 heteroatoms. The first-order chi connectivity index (χ1) is 10.4. The fraction of sp³-hybridized carbons (Fsp3) is 0.667. The summed E-state index contributed by atoms with van der Waals surface area (Å²) in [5.41, 5.74) is -1.41. The summed E-state index contributed by atoms with van der Waals surface area (Å²) in [7, 11) is 0. The number of anilines is 1. The lowest BCUT2D eigenvalue weighted by molar-refractivity contribution is -0.164. The molecular weight excluding hydrogens is 297 g/mol. The highest BCUT2D eigenvalue weighted by Crippen LogP contribution is 2.36. The van der Waals surface area contributed by atoms with Gasteiger partial charge in [0, 0.05) is 19.7 Å². The molecule has 2 aliphatic heterocycles. The smallest absolute Gasteiger partial charge is 0.390 e. The predicted molar refractivity (Wildman–Crippen MR) is 74.6 cm³/mol. The molecule has 0 saturated carbocycles. The maximum absolute atomic E-state index is 12.7. The Morgan fingerprint density at radius 2 is 2.00 bits per heavy atom. The molecule has 0 aromatic carbocycles. The van der Waals surface area contributed by atoms with Gasteiger partial charge >= 0.3 is 6.18 Å². The van der Waals surface area contributed by atoms with Crippen LogP contribution in [0.25, 0.3) is 0 Å². The maximum Gasteiger partial charge on any atom is 0.433 e. The van der Waals surface area contributed by atoms with E-state index in [1.807, 2.05) is 4.90 Å². The van der Waals surface area contributed by atoms with Gasteiger partial charge in [0.25, 0.3) is 0 Å². The molecule has 0 bridgehead atoms. The van der Waals surface area contributed by atoms with E-state index in [1.54, 1.807) is 6.07 Å². The summed E-state index contributed by atoms with van der Waals surface area (Å²) in [6.45, 7) is 1.70. The number of pyridine rings is 1. The van der Waals surface area contributed by atoms with Crippen LogP contribution in [0.1, 0.15) is 31.4 Å². The monoisotopic (exact) mass is 316 g/mol. The second-order valence-electron chi connectivity index (χ2n) is 5.94. The SMILES string of the molecule is O[C@@H]1CCCOC12CCN(c1cccc(C(F)(F)F)n1)CC2. The zero-order chi connectivity index (χ0) is 15.8. The van der Waals surface area contributed by atoms with Crippen molar-refractivity contribution in [1.82, 2.24) is 4.98 Å². The van der Waals surface area contributed by atoms with Crippen molar-refractivity contribution in [1.29, 1.82) is 0 Å². The molecule has 0 radical (unpaired) electrons. The minimum atomic E-state index is -4.43. The molecule has 2 aliphatic rings. The standard InChI is InChI=1S/C15H19F3N2O2/c16-15(17,18)11-3-1-5-13(19-11)20-8-6-14(7-9-20)12(21)4-2-10-22-14/h1,3,5,12,21H,2,4,6-10H2/t12-/m1/s1. The topological polar surface area (TPSA) is 45.6 Å². The number of alkyl halides is 3. The van der Waals surface area contributed by atoms with E-state index >= 15 is 0 Å². The molecule has 3 heterocycles. The minimum absolute atomic E-state index is 0.329. The molecule has 1 aromatic rings. The summed E-state index contributed by atoms with van der Waals surface area (Å²) in [4.78, 5) is 5.54. The number of aliphatic hydroxyl groups excluding tert-OH is 1. The molecule has 0 aliphatic carbocycles. The number of hydrogen-bond donors (Lipinski definition) is 1. The number of rotatable bonds is 1. The third-order valence-corrected chi connectivity index (χ3v) is 4.58. The highest BCUT2D eigenvalue weighted by molar-refractivity contribution is 5.40. The van der Waals surface area contributed by atoms with Crippen molar-refractivity contribution < 1.29 is 23.0 Å². The second-order valence-corrected chi connectivity index (χ2v) is 5.94. The molecular formula is C15H19F3N2O2. The molecule has 22 heavy (non-hydrogen) atoms. The first-order valence-electron chi connectivity index (χ1n) is 7.52. The van der Waals surface area contributed by atoms with Crippen molar-refractivity contribution in [2.24, 2.45) is 0 Å². The lowest BCUT2D eigenvalue weighted by atomic mass is 9.82. The summed E-state index contributed by atoms with van der Waals surface area (Å²) in [6, 6.07) is 3.94. The summed E-state index contributed by atoms with van der Waals surface area (Å²) in [5.74, 6) is 0.329. The average Bonchev–Trinajstić information content (AvgIpc) is 2.51. The molecule has 4 nitrogen and oxygen atoms in total. The Labute approximate surface area is 126 Å². The average molecular weight is 316 g/mol. The van der Waals surface area contributed by atoms with Gasteiger partial charge in [-0.25, -0.2) is 4.98 Å². The molecule has 3 rings (SSSR count). The zero-order valence-electron chi connectivity index (χ0n) is 12.1. The van der Waals surface area contributed by atoms with Gasteiger partial charge in [0.05, 0.1) is 11.7 Å². The van der Waals surface area contributed by atoms with Gasteiger partial charge in [-0.15, -0.1) is 0 Å². The van der Waals surface area contributed by atoms with Crippen LogP contribution in [0.3, 0.4) is 0 Å². The van der Waals surface area contributed by atoms with Gasteiger partial charge in [-0.3, -0.25) is 0 Å². The van der Waals surface area contributed by atoms with Gasteiger partial charge in [-0.05, 0) is 37.8 Å². The van der Waals surface area contributed by atoms with Gasteiger partial charge in [-0.1, -0.05) is 6.07 Å². The molecule has 0 amide bonds. The predicted octanol–water partition coefficient (Wildman–Crippen LogP) is 2.61. The Hall–Kier alpha value is -1.34. The molecule has 122 valence electrons. The summed E-state index contributed by atoms with van der Waals surface area (Å²) < 4.78 is 44.0. The summed E-state index contributed by atoms with van der Waals surface area (Å²) in [6.07, 6.45) is -2.14. The fourth-order valence-corrected chi connectivity index (χ4v) is 3.26. The highest BCUT2D eigenvalue weighted by atomic mass is 19.4. The van der Waals surface area contributed by atoms with Gasteiger partial charge in [0.2, 0.25) is 0 Å². The summed E-state index contributed by atoms with van der Waals surface area (Å²) >= 11 is 0. The largest absolute Gasteiger partial charge is 0.433 e. The lowest BCUT2D eigenvalue weighted by Gasteiger charge is -2.47. The van der Waals surface area contributed by atoms with Crippen LogP contribution in [0.15, 0.2) is 18.2 Å². The number of hydrogen-bond acceptors (Lipinski definition) is 4. The van der Waals surface area contributed by atoms with Crippen LogP contribution >= 0.6 is 0 Å². The molecule has 1 atom stereocenters. The molecule has 0 unspecified atom stereocenters. The van der Waals surface area contributed by atoms with E-state index in [1.165, 1.54) is 6.07 Å². The maximum atomic E-state index is 12.7. The van der Waals surface area contributed by atoms with E-state index in [0.717, 1.165) is 18.9 Å². The Balaban J connectivity index is 1.71. The number of aromatic nitrogens is 1. The molecule has 1 aromatic heterocycles. The van der Waals surface area contributed by atoms with Crippen LogP contribution in [-0.4, -0.2) is 41.5 Å². The van der Waals surface area contributed by atoms with Crippen LogP contribution in [0.2, 0.25) is 0 Å². The number of halogens is 3. The van der Waals surface area contributed by atoms with Gasteiger partial charge in [0.15, 0.2) is 0 Å². The second kappa shape index (κ2) is 5.70. The van der Waals surface area contributed by atoms with Crippen molar-refractivity contribution in [3.8, 4) is 0 Å². The van der Waals surface area contributed by atoms with Crippen LogP contribution < -0.4 is 4.90 Å². The Morgan fingerprint density at radius 1 is 1.27 bits per heavy atom.